The lowest BCUT2D eigenvalue weighted by Crippen LogP contribution is -1.95. The van der Waals surface area contributed by atoms with E-state index in [0.717, 1.165) is 0 Å². The Morgan fingerprint density at radius 3 is 2.87 bits per heavy atom. The summed E-state index contributed by atoms with van der Waals surface area (Å²) in [5.74, 6) is -1.54. The summed E-state index contributed by atoms with van der Waals surface area (Å²) >= 11 is 5.62. The van der Waals surface area contributed by atoms with E-state index in [1.807, 2.05) is 0 Å². The molecule has 3 N–H and O–H groups in total. The van der Waals surface area contributed by atoms with Crippen LogP contribution in [0.2, 0.25) is 5.02 Å². The van der Waals surface area contributed by atoms with Crippen LogP contribution in [0.5, 0.6) is 11.5 Å². The van der Waals surface area contributed by atoms with Gasteiger partial charge in [-0.2, -0.15) is 4.39 Å². The molecule has 0 atom stereocenters. The lowest BCUT2D eigenvalue weighted by Gasteiger charge is -2.08. The minimum atomic E-state index is -0.873. The number of benzene rings is 1. The molecule has 0 heterocycles. The molecule has 0 saturated heterocycles. The van der Waals surface area contributed by atoms with Crippen molar-refractivity contribution in [2.45, 2.75) is 0 Å². The fraction of sp³-hybridized carbons (Fsp3) is 0.200. The third-order valence-electron chi connectivity index (χ3n) is 1.82. The molecule has 0 bridgehead atoms. The molecule has 0 spiro atoms. The van der Waals surface area contributed by atoms with Crippen LogP contribution in [0.1, 0.15) is 5.56 Å². The Kier molecular flexibility index (Phi) is 3.94. The van der Waals surface area contributed by atoms with Crippen molar-refractivity contribution in [1.29, 1.82) is 0 Å². The molecule has 15 heavy (non-hydrogen) atoms. The van der Waals surface area contributed by atoms with Gasteiger partial charge >= 0.3 is 0 Å². The molecule has 0 aliphatic rings. The van der Waals surface area contributed by atoms with Gasteiger partial charge in [-0.1, -0.05) is 23.8 Å². The summed E-state index contributed by atoms with van der Waals surface area (Å²) < 4.78 is 18.2. The highest BCUT2D eigenvalue weighted by molar-refractivity contribution is 6.32. The quantitative estimate of drug-likeness (QED) is 0.838. The van der Waals surface area contributed by atoms with E-state index in [4.69, 9.17) is 22.1 Å². The number of rotatable bonds is 3. The molecular weight excluding hydrogens is 221 g/mol. The van der Waals surface area contributed by atoms with Crippen LogP contribution in [0.4, 0.5) is 4.39 Å². The highest BCUT2D eigenvalue weighted by atomic mass is 35.5. The Balaban J connectivity index is 3.31. The van der Waals surface area contributed by atoms with Gasteiger partial charge in [-0.25, -0.2) is 0 Å². The van der Waals surface area contributed by atoms with Gasteiger partial charge in [0.2, 0.25) is 5.82 Å². The molecule has 1 aromatic rings. The zero-order valence-corrected chi connectivity index (χ0v) is 8.88. The van der Waals surface area contributed by atoms with Gasteiger partial charge in [0.15, 0.2) is 11.5 Å². The molecule has 5 heteroatoms. The maximum Gasteiger partial charge on any atom is 0.208 e. The lowest BCUT2D eigenvalue weighted by molar-refractivity contribution is 0.364. The number of phenolic OH excluding ortho intramolecular Hbond substituents is 1. The number of halogens is 2. The summed E-state index contributed by atoms with van der Waals surface area (Å²) in [6, 6.07) is 1.41. The molecule has 3 nitrogen and oxygen atoms in total. The number of aromatic hydroxyl groups is 1. The first-order chi connectivity index (χ1) is 7.11. The molecule has 0 saturated carbocycles. The number of hydrogen-bond donors (Lipinski definition) is 2. The van der Waals surface area contributed by atoms with Gasteiger partial charge in [0.1, 0.15) is 0 Å². The molecular formula is C10H11ClFNO2. The van der Waals surface area contributed by atoms with Crippen molar-refractivity contribution in [1.82, 2.24) is 0 Å². The van der Waals surface area contributed by atoms with Gasteiger partial charge in [-0.05, 0) is 6.07 Å². The first-order valence-corrected chi connectivity index (χ1v) is 4.61. The van der Waals surface area contributed by atoms with Crippen molar-refractivity contribution < 1.29 is 14.2 Å². The Bertz CT molecular complexity index is 393. The maximum atomic E-state index is 13.4. The second kappa shape index (κ2) is 5.00. The van der Waals surface area contributed by atoms with Crippen LogP contribution in [0.25, 0.3) is 6.08 Å². The van der Waals surface area contributed by atoms with Crippen LogP contribution in [-0.4, -0.2) is 18.8 Å². The molecule has 0 amide bonds. The zero-order chi connectivity index (χ0) is 11.4. The molecule has 1 aromatic carbocycles. The number of phenols is 1. The average Bonchev–Trinajstić information content (AvgIpc) is 2.23. The summed E-state index contributed by atoms with van der Waals surface area (Å²) in [4.78, 5) is 0. The lowest BCUT2D eigenvalue weighted by atomic mass is 10.1. The maximum absolute atomic E-state index is 13.4. The van der Waals surface area contributed by atoms with E-state index in [0.29, 0.717) is 12.1 Å². The number of methoxy groups -OCH3 is 1. The first kappa shape index (κ1) is 11.8. The topological polar surface area (TPSA) is 55.5 Å². The molecule has 1 rings (SSSR count). The molecule has 82 valence electrons. The summed E-state index contributed by atoms with van der Waals surface area (Å²) in [6.45, 7) is 0.323. The summed E-state index contributed by atoms with van der Waals surface area (Å²) in [6.07, 6.45) is 3.21. The van der Waals surface area contributed by atoms with E-state index in [9.17, 15) is 9.50 Å². The Morgan fingerprint density at radius 1 is 1.67 bits per heavy atom. The monoisotopic (exact) mass is 231 g/mol. The standard InChI is InChI=1S/C10H11ClFNO2/c1-15-10-6(3-2-4-13)5-7(11)9(14)8(10)12/h2-3,5,14H,4,13H2,1H3/b3-2+. The molecule has 0 aliphatic heterocycles. The van der Waals surface area contributed by atoms with Crippen molar-refractivity contribution in [3.8, 4) is 11.5 Å². The predicted octanol–water partition coefficient (Wildman–Crippen LogP) is 2.17. The van der Waals surface area contributed by atoms with Crippen LogP contribution in [0.3, 0.4) is 0 Å². The van der Waals surface area contributed by atoms with Crippen molar-refractivity contribution in [2.24, 2.45) is 5.73 Å². The Labute approximate surface area is 91.9 Å². The van der Waals surface area contributed by atoms with Crippen LogP contribution in [0.15, 0.2) is 12.1 Å². The largest absolute Gasteiger partial charge is 0.504 e. The van der Waals surface area contributed by atoms with Gasteiger partial charge < -0.3 is 15.6 Å². The van der Waals surface area contributed by atoms with E-state index >= 15 is 0 Å². The van der Waals surface area contributed by atoms with Gasteiger partial charge in [0.25, 0.3) is 0 Å². The fourth-order valence-electron chi connectivity index (χ4n) is 1.14. The molecule has 0 aliphatic carbocycles. The summed E-state index contributed by atoms with van der Waals surface area (Å²) in [5, 5.41) is 9.17. The van der Waals surface area contributed by atoms with Crippen molar-refractivity contribution in [3.63, 3.8) is 0 Å². The second-order valence-electron chi connectivity index (χ2n) is 2.78. The van der Waals surface area contributed by atoms with E-state index in [1.54, 1.807) is 12.2 Å². The molecule has 0 radical (unpaired) electrons. The normalized spacial score (nSPS) is 10.9. The number of hydrogen-bond acceptors (Lipinski definition) is 3. The first-order valence-electron chi connectivity index (χ1n) is 4.23. The SMILES string of the molecule is COc1c(/C=C/CN)cc(Cl)c(O)c1F. The minimum absolute atomic E-state index is 0.0541. The molecule has 0 fully saturated rings. The number of ether oxygens (including phenoxy) is 1. The third kappa shape index (κ3) is 2.40. The highest BCUT2D eigenvalue weighted by Gasteiger charge is 2.15. The minimum Gasteiger partial charge on any atom is -0.504 e. The second-order valence-corrected chi connectivity index (χ2v) is 3.19. The van der Waals surface area contributed by atoms with Gasteiger partial charge in [-0.15, -0.1) is 0 Å². The van der Waals surface area contributed by atoms with Crippen LogP contribution in [0, 0.1) is 5.82 Å². The van der Waals surface area contributed by atoms with Crippen molar-refractivity contribution in [3.05, 3.63) is 28.5 Å². The van der Waals surface area contributed by atoms with E-state index in [2.05, 4.69) is 0 Å². The Hall–Kier alpha value is -1.26. The molecule has 0 aromatic heterocycles. The summed E-state index contributed by atoms with van der Waals surface area (Å²) in [5.41, 5.74) is 5.70. The van der Waals surface area contributed by atoms with Crippen LogP contribution >= 0.6 is 11.6 Å². The van der Waals surface area contributed by atoms with Crippen LogP contribution in [-0.2, 0) is 0 Å². The zero-order valence-electron chi connectivity index (χ0n) is 8.13. The van der Waals surface area contributed by atoms with Gasteiger partial charge in [0, 0.05) is 12.1 Å². The third-order valence-corrected chi connectivity index (χ3v) is 2.10. The molecule has 0 unspecified atom stereocenters. The Morgan fingerprint density at radius 2 is 2.33 bits per heavy atom. The van der Waals surface area contributed by atoms with Gasteiger partial charge in [-0.3, -0.25) is 0 Å². The average molecular weight is 232 g/mol. The van der Waals surface area contributed by atoms with E-state index < -0.39 is 11.6 Å². The van der Waals surface area contributed by atoms with Crippen molar-refractivity contribution >= 4 is 17.7 Å². The number of nitrogens with two attached hydrogens (primary N) is 1. The van der Waals surface area contributed by atoms with Crippen molar-refractivity contribution in [2.75, 3.05) is 13.7 Å². The van der Waals surface area contributed by atoms with Crippen LogP contribution < -0.4 is 10.5 Å². The predicted molar refractivity (Wildman–Crippen MR) is 57.7 cm³/mol. The van der Waals surface area contributed by atoms with E-state index in [1.165, 1.54) is 13.2 Å². The summed E-state index contributed by atoms with van der Waals surface area (Å²) in [7, 11) is 1.31. The smallest absolute Gasteiger partial charge is 0.208 e. The van der Waals surface area contributed by atoms with E-state index in [-0.39, 0.29) is 10.8 Å². The fourth-order valence-corrected chi connectivity index (χ4v) is 1.34. The highest BCUT2D eigenvalue weighted by Crippen LogP contribution is 2.36. The van der Waals surface area contributed by atoms with Gasteiger partial charge in [0.05, 0.1) is 12.1 Å².